The zero-order valence-corrected chi connectivity index (χ0v) is 21.5. The fourth-order valence-electron chi connectivity index (χ4n) is 4.78. The molecule has 8 nitrogen and oxygen atoms in total. The van der Waals surface area contributed by atoms with Crippen LogP contribution >= 0.6 is 0 Å². The van der Waals surface area contributed by atoms with Crippen LogP contribution in [0.15, 0.2) is 72.9 Å². The number of phenols is 1. The number of anilines is 3. The van der Waals surface area contributed by atoms with Gasteiger partial charge in [0.05, 0.1) is 45.6 Å². The molecule has 0 aliphatic carbocycles. The van der Waals surface area contributed by atoms with Gasteiger partial charge in [0, 0.05) is 31.9 Å². The second-order valence-electron chi connectivity index (χ2n) is 9.36. The van der Waals surface area contributed by atoms with Crippen LogP contribution in [0.4, 0.5) is 30.2 Å². The molecule has 1 aliphatic heterocycles. The minimum absolute atomic E-state index is 0.230. The Morgan fingerprint density at radius 1 is 0.975 bits per heavy atom. The summed E-state index contributed by atoms with van der Waals surface area (Å²) in [5.41, 5.74) is 2.70. The van der Waals surface area contributed by atoms with Crippen LogP contribution in [-0.4, -0.2) is 47.0 Å². The number of alkyl halides is 3. The predicted octanol–water partition coefficient (Wildman–Crippen LogP) is 5.36. The first kappa shape index (κ1) is 26.6. The van der Waals surface area contributed by atoms with Gasteiger partial charge in [0.2, 0.25) is 0 Å². The van der Waals surface area contributed by atoms with Crippen molar-refractivity contribution in [1.29, 1.82) is 5.26 Å². The Balaban J connectivity index is 1.27. The Morgan fingerprint density at radius 3 is 2.25 bits per heavy atom. The van der Waals surface area contributed by atoms with E-state index in [2.05, 4.69) is 26.3 Å². The lowest BCUT2D eigenvalue weighted by Crippen LogP contribution is -2.46. The molecule has 1 saturated heterocycles. The van der Waals surface area contributed by atoms with Crippen molar-refractivity contribution in [1.82, 2.24) is 9.78 Å². The smallest absolute Gasteiger partial charge is 0.416 e. The maximum Gasteiger partial charge on any atom is 0.416 e. The predicted molar refractivity (Wildman–Crippen MR) is 145 cm³/mol. The zero-order chi connectivity index (χ0) is 28.4. The van der Waals surface area contributed by atoms with Crippen molar-refractivity contribution in [2.45, 2.75) is 13.1 Å². The van der Waals surface area contributed by atoms with Gasteiger partial charge in [-0.1, -0.05) is 12.1 Å². The highest BCUT2D eigenvalue weighted by Gasteiger charge is 2.30. The summed E-state index contributed by atoms with van der Waals surface area (Å²) in [6.07, 6.45) is -3.09. The number of phenolic OH excluding ortho intramolecular Hbond substituents is 1. The quantitative estimate of drug-likeness (QED) is 0.350. The summed E-state index contributed by atoms with van der Waals surface area (Å²) in [5, 5.41) is 26.9. The third kappa shape index (κ3) is 5.29. The Bertz CT molecular complexity index is 1580. The number of nitrogens with zero attached hydrogens (tertiary/aromatic N) is 5. The van der Waals surface area contributed by atoms with Crippen LogP contribution in [0.3, 0.4) is 0 Å². The molecule has 0 unspecified atom stereocenters. The zero-order valence-electron chi connectivity index (χ0n) is 21.5. The van der Waals surface area contributed by atoms with Gasteiger partial charge in [-0.05, 0) is 61.5 Å². The number of hydrogen-bond acceptors (Lipinski definition) is 6. The maximum absolute atomic E-state index is 13.0. The SMILES string of the molecule is Cc1c(C(=O)Nc2ccc(N3CCN(c4ccccc4O)CC3)c(C#N)c2)cnn1-c1ccc(C(F)(F)F)cc1. The van der Waals surface area contributed by atoms with E-state index in [4.69, 9.17) is 0 Å². The third-order valence-electron chi connectivity index (χ3n) is 6.91. The van der Waals surface area contributed by atoms with E-state index in [0.717, 1.165) is 23.5 Å². The highest BCUT2D eigenvalue weighted by Crippen LogP contribution is 2.31. The van der Waals surface area contributed by atoms with E-state index in [1.165, 1.54) is 23.0 Å². The summed E-state index contributed by atoms with van der Waals surface area (Å²) >= 11 is 0. The average molecular weight is 547 g/mol. The molecule has 0 saturated carbocycles. The number of aromatic nitrogens is 2. The first-order chi connectivity index (χ1) is 19.2. The van der Waals surface area contributed by atoms with Crippen molar-refractivity contribution in [3.05, 3.63) is 95.3 Å². The molecule has 0 atom stereocenters. The van der Waals surface area contributed by atoms with Gasteiger partial charge in [-0.2, -0.15) is 23.5 Å². The molecule has 0 bridgehead atoms. The van der Waals surface area contributed by atoms with Crippen LogP contribution in [-0.2, 0) is 6.18 Å². The third-order valence-corrected chi connectivity index (χ3v) is 6.91. The number of amides is 1. The summed E-state index contributed by atoms with van der Waals surface area (Å²) in [5.74, 6) is -0.225. The average Bonchev–Trinajstić information content (AvgIpc) is 3.34. The lowest BCUT2D eigenvalue weighted by Gasteiger charge is -2.37. The van der Waals surface area contributed by atoms with Crippen LogP contribution in [0.2, 0.25) is 0 Å². The normalized spacial score (nSPS) is 13.7. The van der Waals surface area contributed by atoms with Gasteiger partial charge in [0.1, 0.15) is 11.8 Å². The first-order valence-electron chi connectivity index (χ1n) is 12.5. The molecule has 5 rings (SSSR count). The molecule has 1 aromatic heterocycles. The van der Waals surface area contributed by atoms with Gasteiger partial charge < -0.3 is 20.2 Å². The number of halogens is 3. The first-order valence-corrected chi connectivity index (χ1v) is 12.5. The van der Waals surface area contributed by atoms with E-state index >= 15 is 0 Å². The highest BCUT2D eigenvalue weighted by molar-refractivity contribution is 6.05. The van der Waals surface area contributed by atoms with E-state index < -0.39 is 17.6 Å². The van der Waals surface area contributed by atoms with Gasteiger partial charge in [0.15, 0.2) is 0 Å². The number of rotatable bonds is 5. The topological polar surface area (TPSA) is 97.4 Å². The summed E-state index contributed by atoms with van der Waals surface area (Å²) in [7, 11) is 0. The monoisotopic (exact) mass is 546 g/mol. The Hall–Kier alpha value is -4.98. The number of piperazine rings is 1. The number of carbonyl (C=O) groups excluding carboxylic acids is 1. The lowest BCUT2D eigenvalue weighted by atomic mass is 10.1. The number of para-hydroxylation sites is 2. The van der Waals surface area contributed by atoms with E-state index in [-0.39, 0.29) is 11.3 Å². The maximum atomic E-state index is 13.0. The number of aromatic hydroxyl groups is 1. The second-order valence-corrected chi connectivity index (χ2v) is 9.36. The van der Waals surface area contributed by atoms with Crippen molar-refractivity contribution in [3.8, 4) is 17.5 Å². The summed E-state index contributed by atoms with van der Waals surface area (Å²) < 4.78 is 40.1. The molecule has 2 N–H and O–H groups in total. The van der Waals surface area contributed by atoms with E-state index in [9.17, 15) is 28.3 Å². The molecule has 11 heteroatoms. The Kier molecular flexibility index (Phi) is 7.09. The fraction of sp³-hybridized carbons (Fsp3) is 0.207. The summed E-state index contributed by atoms with van der Waals surface area (Å²) in [4.78, 5) is 17.2. The number of benzene rings is 3. The van der Waals surface area contributed by atoms with Crippen molar-refractivity contribution < 1.29 is 23.1 Å². The molecule has 40 heavy (non-hydrogen) atoms. The molecular weight excluding hydrogens is 521 g/mol. The lowest BCUT2D eigenvalue weighted by molar-refractivity contribution is -0.137. The van der Waals surface area contributed by atoms with Crippen LogP contribution in [0.25, 0.3) is 5.69 Å². The standard InChI is InChI=1S/C29H25F3N6O2/c1-19-24(18-34-38(19)23-9-6-21(7-10-23)29(30,31)32)28(40)35-22-8-11-25(20(16-22)17-33)36-12-14-37(15-13-36)26-4-2-3-5-27(26)39/h2-11,16,18,39H,12-15H2,1H3,(H,35,40). The van der Waals surface area contributed by atoms with Crippen molar-refractivity contribution in [2.24, 2.45) is 0 Å². The Morgan fingerprint density at radius 2 is 1.62 bits per heavy atom. The van der Waals surface area contributed by atoms with Crippen molar-refractivity contribution >= 4 is 23.0 Å². The van der Waals surface area contributed by atoms with Crippen LogP contribution in [0, 0.1) is 18.3 Å². The minimum atomic E-state index is -4.44. The van der Waals surface area contributed by atoms with Crippen LogP contribution in [0.5, 0.6) is 5.75 Å². The molecule has 204 valence electrons. The van der Waals surface area contributed by atoms with E-state index in [0.29, 0.717) is 48.8 Å². The number of carbonyl (C=O) groups is 1. The summed E-state index contributed by atoms with van der Waals surface area (Å²) in [6.45, 7) is 4.29. The van der Waals surface area contributed by atoms with Gasteiger partial charge in [-0.3, -0.25) is 4.79 Å². The van der Waals surface area contributed by atoms with Crippen molar-refractivity contribution in [3.63, 3.8) is 0 Å². The van der Waals surface area contributed by atoms with Gasteiger partial charge in [-0.25, -0.2) is 4.68 Å². The van der Waals surface area contributed by atoms with Gasteiger partial charge in [-0.15, -0.1) is 0 Å². The summed E-state index contributed by atoms with van der Waals surface area (Å²) in [6, 6.07) is 19.0. The molecule has 1 aliphatic rings. The molecule has 1 amide bonds. The van der Waals surface area contributed by atoms with E-state index in [1.807, 2.05) is 12.1 Å². The number of nitriles is 1. The number of hydrogen-bond donors (Lipinski definition) is 2. The molecule has 0 spiro atoms. The molecule has 4 aromatic rings. The van der Waals surface area contributed by atoms with Gasteiger partial charge >= 0.3 is 6.18 Å². The molecule has 2 heterocycles. The largest absolute Gasteiger partial charge is 0.506 e. The molecule has 3 aromatic carbocycles. The number of nitrogens with one attached hydrogen (secondary N) is 1. The second kappa shape index (κ2) is 10.6. The Labute approximate surface area is 228 Å². The van der Waals surface area contributed by atoms with Gasteiger partial charge in [0.25, 0.3) is 5.91 Å². The fourth-order valence-corrected chi connectivity index (χ4v) is 4.78. The molecular formula is C29H25F3N6O2. The van der Waals surface area contributed by atoms with E-state index in [1.54, 1.807) is 37.3 Å². The highest BCUT2D eigenvalue weighted by atomic mass is 19.4. The van der Waals surface area contributed by atoms with Crippen LogP contribution in [0.1, 0.15) is 27.2 Å². The van der Waals surface area contributed by atoms with Crippen LogP contribution < -0.4 is 15.1 Å². The molecule has 0 radical (unpaired) electrons. The molecule has 1 fully saturated rings. The minimum Gasteiger partial charge on any atom is -0.506 e. The van der Waals surface area contributed by atoms with Crippen molar-refractivity contribution in [2.75, 3.05) is 41.3 Å².